The summed E-state index contributed by atoms with van der Waals surface area (Å²) in [4.78, 5) is 11.9. The van der Waals surface area contributed by atoms with Crippen LogP contribution in [0.25, 0.3) is 0 Å². The Bertz CT molecular complexity index is 596. The van der Waals surface area contributed by atoms with Gasteiger partial charge in [0.25, 0.3) is 5.91 Å². The largest absolute Gasteiger partial charge is 0.491 e. The predicted molar refractivity (Wildman–Crippen MR) is 81.4 cm³/mol. The van der Waals surface area contributed by atoms with Crippen molar-refractivity contribution in [3.63, 3.8) is 0 Å². The van der Waals surface area contributed by atoms with Gasteiger partial charge in [0, 0.05) is 19.2 Å². The summed E-state index contributed by atoms with van der Waals surface area (Å²) >= 11 is 0. The lowest BCUT2D eigenvalue weighted by Crippen LogP contribution is -2.22. The molecule has 2 aromatic carbocycles. The average Bonchev–Trinajstić information content (AvgIpc) is 2.55. The third kappa shape index (κ3) is 4.86. The zero-order valence-electron chi connectivity index (χ0n) is 12.3. The molecule has 2 aromatic rings. The molecule has 0 aliphatic carbocycles. The van der Waals surface area contributed by atoms with E-state index in [4.69, 9.17) is 9.47 Å². The molecular formula is C17H18FNO3. The second-order valence-electron chi connectivity index (χ2n) is 4.67. The zero-order chi connectivity index (χ0) is 15.8. The van der Waals surface area contributed by atoms with E-state index in [1.54, 1.807) is 7.11 Å². The maximum atomic E-state index is 12.8. The van der Waals surface area contributed by atoms with Crippen molar-refractivity contribution in [2.45, 2.75) is 6.54 Å². The van der Waals surface area contributed by atoms with Crippen LogP contribution in [-0.2, 0) is 11.3 Å². The molecule has 116 valence electrons. The fourth-order valence-electron chi connectivity index (χ4n) is 1.83. The van der Waals surface area contributed by atoms with E-state index in [9.17, 15) is 9.18 Å². The molecule has 0 unspecified atom stereocenters. The van der Waals surface area contributed by atoms with Gasteiger partial charge in [-0.05, 0) is 42.0 Å². The molecule has 0 aliphatic rings. The molecule has 0 radical (unpaired) electrons. The van der Waals surface area contributed by atoms with E-state index in [1.165, 1.54) is 24.3 Å². The van der Waals surface area contributed by atoms with Crippen molar-refractivity contribution in [1.29, 1.82) is 0 Å². The lowest BCUT2D eigenvalue weighted by Gasteiger charge is -2.08. The van der Waals surface area contributed by atoms with Crippen LogP contribution >= 0.6 is 0 Å². The van der Waals surface area contributed by atoms with Crippen LogP contribution in [0.5, 0.6) is 5.75 Å². The number of rotatable bonds is 7. The molecule has 2 rings (SSSR count). The van der Waals surface area contributed by atoms with Crippen molar-refractivity contribution < 1.29 is 18.7 Å². The monoisotopic (exact) mass is 303 g/mol. The van der Waals surface area contributed by atoms with E-state index in [0.29, 0.717) is 25.3 Å². The maximum Gasteiger partial charge on any atom is 0.251 e. The van der Waals surface area contributed by atoms with Crippen LogP contribution in [-0.4, -0.2) is 26.2 Å². The van der Waals surface area contributed by atoms with Crippen molar-refractivity contribution in [3.05, 3.63) is 65.5 Å². The highest BCUT2D eigenvalue weighted by atomic mass is 19.1. The summed E-state index contributed by atoms with van der Waals surface area (Å²) in [7, 11) is 1.62. The van der Waals surface area contributed by atoms with E-state index in [1.807, 2.05) is 24.3 Å². The molecule has 0 heterocycles. The number of carbonyl (C=O) groups is 1. The lowest BCUT2D eigenvalue weighted by molar-refractivity contribution is 0.0951. The minimum atomic E-state index is -0.361. The maximum absolute atomic E-state index is 12.8. The van der Waals surface area contributed by atoms with Gasteiger partial charge >= 0.3 is 0 Å². The van der Waals surface area contributed by atoms with Gasteiger partial charge in [-0.2, -0.15) is 0 Å². The first-order chi connectivity index (χ1) is 10.7. The number of amides is 1. The smallest absolute Gasteiger partial charge is 0.251 e. The van der Waals surface area contributed by atoms with Gasteiger partial charge in [0.2, 0.25) is 0 Å². The van der Waals surface area contributed by atoms with Gasteiger partial charge in [-0.25, -0.2) is 4.39 Å². The molecule has 0 saturated heterocycles. The number of ether oxygens (including phenoxy) is 2. The summed E-state index contributed by atoms with van der Waals surface area (Å²) in [5, 5.41) is 2.78. The SMILES string of the molecule is COCCOc1ccc(CNC(=O)c2ccc(F)cc2)cc1. The summed E-state index contributed by atoms with van der Waals surface area (Å²) in [6.45, 7) is 1.43. The number of hydrogen-bond donors (Lipinski definition) is 1. The highest BCUT2D eigenvalue weighted by molar-refractivity contribution is 5.94. The Balaban J connectivity index is 1.83. The van der Waals surface area contributed by atoms with E-state index in [-0.39, 0.29) is 11.7 Å². The third-order valence-corrected chi connectivity index (χ3v) is 3.04. The Morgan fingerprint density at radius 1 is 1.05 bits per heavy atom. The first-order valence-corrected chi connectivity index (χ1v) is 6.93. The molecule has 22 heavy (non-hydrogen) atoms. The molecule has 0 bridgehead atoms. The van der Waals surface area contributed by atoms with Crippen LogP contribution in [0, 0.1) is 5.82 Å². The Morgan fingerprint density at radius 2 is 1.73 bits per heavy atom. The second-order valence-corrected chi connectivity index (χ2v) is 4.67. The van der Waals surface area contributed by atoms with Gasteiger partial charge in [0.15, 0.2) is 0 Å². The molecular weight excluding hydrogens is 285 g/mol. The van der Waals surface area contributed by atoms with E-state index in [0.717, 1.165) is 11.3 Å². The first-order valence-electron chi connectivity index (χ1n) is 6.93. The van der Waals surface area contributed by atoms with Crippen molar-refractivity contribution in [2.24, 2.45) is 0 Å². The quantitative estimate of drug-likeness (QED) is 0.800. The fourth-order valence-corrected chi connectivity index (χ4v) is 1.83. The highest BCUT2D eigenvalue weighted by Gasteiger charge is 2.05. The van der Waals surface area contributed by atoms with Gasteiger partial charge in [0.1, 0.15) is 18.2 Å². The minimum Gasteiger partial charge on any atom is -0.491 e. The predicted octanol–water partition coefficient (Wildman–Crippen LogP) is 2.78. The van der Waals surface area contributed by atoms with Gasteiger partial charge in [-0.1, -0.05) is 12.1 Å². The van der Waals surface area contributed by atoms with Crippen molar-refractivity contribution in [1.82, 2.24) is 5.32 Å². The van der Waals surface area contributed by atoms with Gasteiger partial charge in [-0.15, -0.1) is 0 Å². The van der Waals surface area contributed by atoms with Crippen LogP contribution in [0.2, 0.25) is 0 Å². The van der Waals surface area contributed by atoms with Gasteiger partial charge < -0.3 is 14.8 Å². The highest BCUT2D eigenvalue weighted by Crippen LogP contribution is 2.12. The number of carbonyl (C=O) groups excluding carboxylic acids is 1. The number of benzene rings is 2. The Hall–Kier alpha value is -2.40. The Labute approximate surface area is 128 Å². The summed E-state index contributed by atoms with van der Waals surface area (Å²) in [6.07, 6.45) is 0. The summed E-state index contributed by atoms with van der Waals surface area (Å²) in [5.74, 6) is 0.159. The standard InChI is InChI=1S/C17H18FNO3/c1-21-10-11-22-16-8-2-13(3-9-16)12-19-17(20)14-4-6-15(18)7-5-14/h2-9H,10-12H2,1H3,(H,19,20). The van der Waals surface area contributed by atoms with Crippen LogP contribution in [0.3, 0.4) is 0 Å². The average molecular weight is 303 g/mol. The summed E-state index contributed by atoms with van der Waals surface area (Å²) in [5.41, 5.74) is 1.38. The third-order valence-electron chi connectivity index (χ3n) is 3.04. The second kappa shape index (κ2) is 8.14. The van der Waals surface area contributed by atoms with Crippen molar-refractivity contribution >= 4 is 5.91 Å². The zero-order valence-corrected chi connectivity index (χ0v) is 12.3. The van der Waals surface area contributed by atoms with E-state index < -0.39 is 0 Å². The molecule has 0 saturated carbocycles. The Morgan fingerprint density at radius 3 is 2.36 bits per heavy atom. The van der Waals surface area contributed by atoms with Gasteiger partial charge in [0.05, 0.1) is 6.61 Å². The number of halogens is 1. The van der Waals surface area contributed by atoms with Crippen LogP contribution in [0.15, 0.2) is 48.5 Å². The minimum absolute atomic E-state index is 0.236. The molecule has 0 fully saturated rings. The van der Waals surface area contributed by atoms with E-state index in [2.05, 4.69) is 5.32 Å². The molecule has 5 heteroatoms. The van der Waals surface area contributed by atoms with Gasteiger partial charge in [-0.3, -0.25) is 4.79 Å². The lowest BCUT2D eigenvalue weighted by atomic mass is 10.2. The topological polar surface area (TPSA) is 47.6 Å². The van der Waals surface area contributed by atoms with Crippen LogP contribution < -0.4 is 10.1 Å². The van der Waals surface area contributed by atoms with E-state index >= 15 is 0 Å². The molecule has 0 spiro atoms. The number of hydrogen-bond acceptors (Lipinski definition) is 3. The van der Waals surface area contributed by atoms with Crippen LogP contribution in [0.4, 0.5) is 4.39 Å². The summed E-state index contributed by atoms with van der Waals surface area (Å²) < 4.78 is 23.2. The fraction of sp³-hybridized carbons (Fsp3) is 0.235. The molecule has 0 aliphatic heterocycles. The Kier molecular flexibility index (Phi) is 5.91. The molecule has 1 N–H and O–H groups in total. The molecule has 4 nitrogen and oxygen atoms in total. The van der Waals surface area contributed by atoms with Crippen molar-refractivity contribution in [3.8, 4) is 5.75 Å². The first kappa shape index (κ1) is 16.0. The normalized spacial score (nSPS) is 10.3. The summed E-state index contributed by atoms with van der Waals surface area (Å²) in [6, 6.07) is 12.9. The molecule has 0 aromatic heterocycles. The number of methoxy groups -OCH3 is 1. The van der Waals surface area contributed by atoms with Crippen molar-refractivity contribution in [2.75, 3.05) is 20.3 Å². The molecule has 1 amide bonds. The molecule has 0 atom stereocenters. The van der Waals surface area contributed by atoms with Crippen LogP contribution in [0.1, 0.15) is 15.9 Å². The number of nitrogens with one attached hydrogen (secondary N) is 1.